The molecule has 0 aliphatic carbocycles. The first-order chi connectivity index (χ1) is 11.6. The molecule has 0 aliphatic rings. The van der Waals surface area contributed by atoms with Gasteiger partial charge in [-0.1, -0.05) is 11.6 Å². The van der Waals surface area contributed by atoms with E-state index in [0.29, 0.717) is 16.3 Å². The molecule has 1 amide bonds. The number of nitrogens with two attached hydrogens (primary N) is 2. The van der Waals surface area contributed by atoms with Crippen LogP contribution in [-0.4, -0.2) is 26.5 Å². The minimum absolute atomic E-state index is 0.0669. The van der Waals surface area contributed by atoms with Crippen molar-refractivity contribution in [1.82, 2.24) is 0 Å². The van der Waals surface area contributed by atoms with Crippen molar-refractivity contribution in [1.29, 1.82) is 0 Å². The Morgan fingerprint density at radius 3 is 2.28 bits per heavy atom. The van der Waals surface area contributed by atoms with Gasteiger partial charge in [-0.3, -0.25) is 4.79 Å². The summed E-state index contributed by atoms with van der Waals surface area (Å²) in [6.07, 6.45) is 1.02. The van der Waals surface area contributed by atoms with Crippen molar-refractivity contribution < 1.29 is 17.9 Å². The highest BCUT2D eigenvalue weighted by Gasteiger charge is 2.21. The van der Waals surface area contributed by atoms with Crippen LogP contribution >= 0.6 is 11.6 Å². The summed E-state index contributed by atoms with van der Waals surface area (Å²) in [5.74, 6) is -0.659. The van der Waals surface area contributed by atoms with E-state index < -0.39 is 21.7 Å². The first-order valence-corrected chi connectivity index (χ1v) is 9.27. The Hall–Kier alpha value is -2.58. The highest BCUT2D eigenvalue weighted by molar-refractivity contribution is 7.90. The Balaban J connectivity index is 2.57. The molecule has 0 radical (unpaired) electrons. The fraction of sp³-hybridized carbons (Fsp3) is 0.125. The zero-order valence-corrected chi connectivity index (χ0v) is 15.1. The third-order valence-electron chi connectivity index (χ3n) is 3.19. The number of carbonyl (C=O) groups excluding carboxylic acids is 1. The Kier molecular flexibility index (Phi) is 5.34. The zero-order valence-electron chi connectivity index (χ0n) is 13.5. The summed E-state index contributed by atoms with van der Waals surface area (Å²) in [6.45, 7) is 1.62. The number of carbonyl (C=O) groups is 1. The minimum atomic E-state index is -3.68. The summed E-state index contributed by atoms with van der Waals surface area (Å²) in [5.41, 5.74) is 10.9. The van der Waals surface area contributed by atoms with E-state index in [1.165, 1.54) is 12.1 Å². The van der Waals surface area contributed by atoms with Gasteiger partial charge in [0.15, 0.2) is 15.8 Å². The second kappa shape index (κ2) is 7.12. The van der Waals surface area contributed by atoms with Crippen LogP contribution in [0.15, 0.2) is 46.3 Å². The molecule has 2 aromatic rings. The van der Waals surface area contributed by atoms with Gasteiger partial charge in [0.25, 0.3) is 5.91 Å². The molecule has 0 atom stereocenters. The topological polar surface area (TPSA) is 125 Å². The standard InChI is InChI=1S/C16H16ClN3O4S/c1-9-7-13(24-11-5-3-10(17)4-6-11)14(25(2,22)23)8-12(9)15(21)20-16(18)19/h3-8H,1-2H3,(H4,18,19,20,21). The minimum Gasteiger partial charge on any atom is -0.456 e. The molecule has 0 aliphatic heterocycles. The third-order valence-corrected chi connectivity index (χ3v) is 4.56. The normalized spacial score (nSPS) is 11.0. The molecule has 0 heterocycles. The first kappa shape index (κ1) is 18.8. The van der Waals surface area contributed by atoms with Gasteiger partial charge in [-0.25, -0.2) is 8.42 Å². The van der Waals surface area contributed by atoms with Crippen LogP contribution in [0.3, 0.4) is 0 Å². The Morgan fingerprint density at radius 2 is 1.76 bits per heavy atom. The van der Waals surface area contributed by atoms with Crippen LogP contribution < -0.4 is 16.2 Å². The number of halogens is 1. The van der Waals surface area contributed by atoms with Gasteiger partial charge in [0.1, 0.15) is 16.4 Å². The van der Waals surface area contributed by atoms with Gasteiger partial charge in [-0.2, -0.15) is 4.99 Å². The molecule has 7 nitrogen and oxygen atoms in total. The van der Waals surface area contributed by atoms with Crippen molar-refractivity contribution in [2.24, 2.45) is 16.5 Å². The highest BCUT2D eigenvalue weighted by Crippen LogP contribution is 2.32. The van der Waals surface area contributed by atoms with E-state index in [1.807, 2.05) is 0 Å². The molecule has 9 heteroatoms. The van der Waals surface area contributed by atoms with E-state index >= 15 is 0 Å². The number of rotatable bonds is 4. The number of guanidine groups is 1. The molecule has 132 valence electrons. The molecule has 4 N–H and O–H groups in total. The van der Waals surface area contributed by atoms with Crippen LogP contribution in [-0.2, 0) is 9.84 Å². The molecule has 0 saturated heterocycles. The van der Waals surface area contributed by atoms with Gasteiger partial charge in [-0.15, -0.1) is 0 Å². The van der Waals surface area contributed by atoms with Crippen molar-refractivity contribution in [3.8, 4) is 11.5 Å². The summed E-state index contributed by atoms with van der Waals surface area (Å²) in [4.78, 5) is 15.4. The molecular formula is C16H16ClN3O4S. The lowest BCUT2D eigenvalue weighted by Gasteiger charge is -2.13. The van der Waals surface area contributed by atoms with Crippen LogP contribution in [0.4, 0.5) is 0 Å². The Bertz CT molecular complexity index is 950. The lowest BCUT2D eigenvalue weighted by molar-refractivity contribution is 0.100. The summed E-state index contributed by atoms with van der Waals surface area (Å²) in [5, 5.41) is 0.519. The fourth-order valence-corrected chi connectivity index (χ4v) is 2.99. The number of ether oxygens (including phenoxy) is 1. The van der Waals surface area contributed by atoms with E-state index in [1.54, 1.807) is 31.2 Å². The first-order valence-electron chi connectivity index (χ1n) is 7.00. The fourth-order valence-electron chi connectivity index (χ4n) is 2.07. The Labute approximate surface area is 150 Å². The van der Waals surface area contributed by atoms with Crippen LogP contribution in [0.25, 0.3) is 0 Å². The van der Waals surface area contributed by atoms with Crippen LogP contribution in [0.5, 0.6) is 11.5 Å². The number of benzene rings is 2. The van der Waals surface area contributed by atoms with Crippen molar-refractivity contribution in [2.45, 2.75) is 11.8 Å². The molecule has 0 bridgehead atoms. The van der Waals surface area contributed by atoms with Crippen molar-refractivity contribution >= 4 is 33.3 Å². The smallest absolute Gasteiger partial charge is 0.280 e. The van der Waals surface area contributed by atoms with Crippen LogP contribution in [0.1, 0.15) is 15.9 Å². The Morgan fingerprint density at radius 1 is 1.16 bits per heavy atom. The van der Waals surface area contributed by atoms with Gasteiger partial charge >= 0.3 is 0 Å². The lowest BCUT2D eigenvalue weighted by atomic mass is 10.1. The molecule has 0 spiro atoms. The summed E-state index contributed by atoms with van der Waals surface area (Å²) >= 11 is 5.82. The van der Waals surface area contributed by atoms with Crippen molar-refractivity contribution in [3.63, 3.8) is 0 Å². The highest BCUT2D eigenvalue weighted by atomic mass is 35.5. The maximum atomic E-state index is 12.1. The van der Waals surface area contributed by atoms with E-state index in [2.05, 4.69) is 4.99 Å². The number of hydrogen-bond donors (Lipinski definition) is 2. The number of aliphatic imine (C=N–C) groups is 1. The maximum absolute atomic E-state index is 12.1. The molecule has 0 aromatic heterocycles. The van der Waals surface area contributed by atoms with Crippen LogP contribution in [0.2, 0.25) is 5.02 Å². The second-order valence-electron chi connectivity index (χ2n) is 5.28. The number of amides is 1. The third kappa shape index (κ3) is 4.71. The monoisotopic (exact) mass is 381 g/mol. The molecular weight excluding hydrogens is 366 g/mol. The van der Waals surface area contributed by atoms with E-state index in [9.17, 15) is 13.2 Å². The largest absolute Gasteiger partial charge is 0.456 e. The summed E-state index contributed by atoms with van der Waals surface area (Å²) in [7, 11) is -3.68. The molecule has 0 fully saturated rings. The lowest BCUT2D eigenvalue weighted by Crippen LogP contribution is -2.24. The summed E-state index contributed by atoms with van der Waals surface area (Å²) < 4.78 is 29.9. The molecule has 2 aromatic carbocycles. The average molecular weight is 382 g/mol. The van der Waals surface area contributed by atoms with Crippen LogP contribution in [0, 0.1) is 6.92 Å². The van der Waals surface area contributed by atoms with Gasteiger partial charge in [-0.05, 0) is 48.9 Å². The van der Waals surface area contributed by atoms with Crippen molar-refractivity contribution in [2.75, 3.05) is 6.26 Å². The number of aryl methyl sites for hydroxylation is 1. The predicted molar refractivity (Wildman–Crippen MR) is 96.0 cm³/mol. The van der Waals surface area contributed by atoms with Crippen molar-refractivity contribution in [3.05, 3.63) is 52.5 Å². The maximum Gasteiger partial charge on any atom is 0.280 e. The molecule has 25 heavy (non-hydrogen) atoms. The zero-order chi connectivity index (χ0) is 18.8. The second-order valence-corrected chi connectivity index (χ2v) is 7.70. The number of hydrogen-bond acceptors (Lipinski definition) is 4. The van der Waals surface area contributed by atoms with E-state index in [4.69, 9.17) is 27.8 Å². The van der Waals surface area contributed by atoms with Gasteiger partial charge in [0, 0.05) is 16.8 Å². The van der Waals surface area contributed by atoms with Gasteiger partial charge in [0.2, 0.25) is 0 Å². The summed E-state index contributed by atoms with van der Waals surface area (Å²) in [6, 6.07) is 9.07. The predicted octanol–water partition coefficient (Wildman–Crippen LogP) is 2.26. The SMILES string of the molecule is Cc1cc(Oc2ccc(Cl)cc2)c(S(C)(=O)=O)cc1C(=O)N=C(N)N. The quantitative estimate of drug-likeness (QED) is 0.618. The van der Waals surface area contributed by atoms with E-state index in [-0.39, 0.29) is 16.2 Å². The number of sulfone groups is 1. The van der Waals surface area contributed by atoms with Gasteiger partial charge < -0.3 is 16.2 Å². The molecule has 0 saturated carbocycles. The average Bonchev–Trinajstić information content (AvgIpc) is 2.47. The number of nitrogens with zero attached hydrogens (tertiary/aromatic N) is 1. The molecule has 0 unspecified atom stereocenters. The van der Waals surface area contributed by atoms with E-state index in [0.717, 1.165) is 6.26 Å². The van der Waals surface area contributed by atoms with Gasteiger partial charge in [0.05, 0.1) is 0 Å². The molecule has 2 rings (SSSR count).